The lowest BCUT2D eigenvalue weighted by Crippen LogP contribution is -2.20. The maximum Gasteiger partial charge on any atom is 0.573 e. The van der Waals surface area contributed by atoms with E-state index in [1.807, 2.05) is 0 Å². The molecule has 1 aromatic heterocycles. The molecule has 1 rings (SSSR count). The number of rotatable bonds is 5. The molecule has 20 heavy (non-hydrogen) atoms. The van der Waals surface area contributed by atoms with Crippen molar-refractivity contribution in [3.05, 3.63) is 15.3 Å². The highest BCUT2D eigenvalue weighted by Crippen LogP contribution is 2.33. The molecule has 0 aliphatic heterocycles. The van der Waals surface area contributed by atoms with Crippen molar-refractivity contribution < 1.29 is 32.2 Å². The molecule has 0 saturated heterocycles. The molecule has 0 saturated carbocycles. The zero-order chi connectivity index (χ0) is 15.3. The molecule has 0 aliphatic carbocycles. The lowest BCUT2D eigenvalue weighted by atomic mass is 10.2. The summed E-state index contributed by atoms with van der Waals surface area (Å²) < 4.78 is 50.7. The van der Waals surface area contributed by atoms with Crippen LogP contribution in [0.2, 0.25) is 0 Å². The normalized spacial score (nSPS) is 11.1. The minimum atomic E-state index is -4.88. The Morgan fingerprint density at radius 1 is 1.45 bits per heavy atom. The summed E-state index contributed by atoms with van der Waals surface area (Å²) in [6.45, 7) is 1.71. The molecule has 0 atom stereocenters. The second-order valence-corrected chi connectivity index (χ2v) is 4.61. The maximum absolute atomic E-state index is 12.4. The largest absolute Gasteiger partial charge is 0.573 e. The fourth-order valence-electron chi connectivity index (χ4n) is 1.32. The molecule has 0 amide bonds. The highest BCUT2D eigenvalue weighted by atomic mass is 127. The number of aromatic nitrogens is 1. The highest BCUT2D eigenvalue weighted by molar-refractivity contribution is 14.1. The molecule has 0 aromatic carbocycles. The van der Waals surface area contributed by atoms with Crippen LogP contribution in [0.3, 0.4) is 0 Å². The summed E-state index contributed by atoms with van der Waals surface area (Å²) in [6, 6.07) is 1.27. The molecular weight excluding hydrogens is 394 g/mol. The Morgan fingerprint density at radius 3 is 2.60 bits per heavy atom. The van der Waals surface area contributed by atoms with Gasteiger partial charge in [0, 0.05) is 6.07 Å². The Hall–Kier alpha value is -1.26. The fraction of sp³-hybridized carbons (Fsp3) is 0.455. The average molecular weight is 405 g/mol. The highest BCUT2D eigenvalue weighted by Gasteiger charge is 2.34. The summed E-state index contributed by atoms with van der Waals surface area (Å²) >= 11 is 1.65. The molecule has 9 heteroatoms. The number of nitrogens with zero attached hydrogens (tertiary/aromatic N) is 1. The van der Waals surface area contributed by atoms with E-state index in [0.29, 0.717) is 0 Å². The standard InChI is InChI=1S/C11H11F3INO4/c1-3-19-9(17)5-7-10(20-11(12,13)14)6(15)4-8(16-7)18-2/h4H,3,5H2,1-2H3. The van der Waals surface area contributed by atoms with E-state index in [1.54, 1.807) is 29.5 Å². The average Bonchev–Trinajstić information content (AvgIpc) is 2.32. The van der Waals surface area contributed by atoms with Crippen molar-refractivity contribution in [2.24, 2.45) is 0 Å². The van der Waals surface area contributed by atoms with Gasteiger partial charge in [-0.25, -0.2) is 4.98 Å². The second kappa shape index (κ2) is 6.95. The number of hydrogen-bond donors (Lipinski definition) is 0. The zero-order valence-electron chi connectivity index (χ0n) is 10.6. The van der Waals surface area contributed by atoms with Crippen LogP contribution in [0.15, 0.2) is 6.07 Å². The number of methoxy groups -OCH3 is 1. The van der Waals surface area contributed by atoms with E-state index in [1.165, 1.54) is 13.2 Å². The zero-order valence-corrected chi connectivity index (χ0v) is 12.7. The van der Waals surface area contributed by atoms with Gasteiger partial charge in [0.1, 0.15) is 0 Å². The van der Waals surface area contributed by atoms with Crippen molar-refractivity contribution in [2.45, 2.75) is 19.7 Å². The SMILES string of the molecule is CCOC(=O)Cc1nc(OC)cc(I)c1OC(F)(F)F. The number of pyridine rings is 1. The first-order valence-corrected chi connectivity index (χ1v) is 6.49. The third-order valence-corrected chi connectivity index (χ3v) is 2.82. The molecule has 1 aromatic rings. The van der Waals surface area contributed by atoms with E-state index in [2.05, 4.69) is 14.5 Å². The molecule has 0 bridgehead atoms. The minimum Gasteiger partial charge on any atom is -0.481 e. The summed E-state index contributed by atoms with van der Waals surface area (Å²) in [5.74, 6) is -1.13. The molecule has 0 radical (unpaired) electrons. The predicted molar refractivity (Wildman–Crippen MR) is 70.5 cm³/mol. The van der Waals surface area contributed by atoms with Crippen LogP contribution in [-0.4, -0.2) is 31.0 Å². The lowest BCUT2D eigenvalue weighted by molar-refractivity contribution is -0.275. The van der Waals surface area contributed by atoms with Gasteiger partial charge in [0.15, 0.2) is 5.75 Å². The molecule has 0 unspecified atom stereocenters. The van der Waals surface area contributed by atoms with Crippen molar-refractivity contribution in [1.82, 2.24) is 4.98 Å². The molecule has 1 heterocycles. The van der Waals surface area contributed by atoms with Gasteiger partial charge >= 0.3 is 12.3 Å². The first kappa shape index (κ1) is 16.8. The number of hydrogen-bond acceptors (Lipinski definition) is 5. The van der Waals surface area contributed by atoms with Crippen LogP contribution in [0.5, 0.6) is 11.6 Å². The quantitative estimate of drug-likeness (QED) is 0.557. The predicted octanol–water partition coefficient (Wildman–Crippen LogP) is 2.70. The van der Waals surface area contributed by atoms with E-state index in [0.717, 1.165) is 0 Å². The van der Waals surface area contributed by atoms with Gasteiger partial charge in [0.05, 0.1) is 29.4 Å². The molecule has 112 valence electrons. The van der Waals surface area contributed by atoms with Crippen LogP contribution in [0, 0.1) is 3.57 Å². The number of esters is 1. The van der Waals surface area contributed by atoms with Crippen LogP contribution < -0.4 is 9.47 Å². The monoisotopic (exact) mass is 405 g/mol. The van der Waals surface area contributed by atoms with Gasteiger partial charge in [-0.15, -0.1) is 13.2 Å². The summed E-state index contributed by atoms with van der Waals surface area (Å²) in [5.41, 5.74) is -0.190. The number of halogens is 4. The van der Waals surface area contributed by atoms with Gasteiger partial charge in [-0.3, -0.25) is 4.79 Å². The topological polar surface area (TPSA) is 57.7 Å². The van der Waals surface area contributed by atoms with Gasteiger partial charge in [-0.1, -0.05) is 0 Å². The van der Waals surface area contributed by atoms with Crippen molar-refractivity contribution in [3.8, 4) is 11.6 Å². The Morgan fingerprint density at radius 2 is 2.10 bits per heavy atom. The Balaban J connectivity index is 3.15. The van der Waals surface area contributed by atoms with Crippen molar-refractivity contribution in [2.75, 3.05) is 13.7 Å². The van der Waals surface area contributed by atoms with E-state index in [4.69, 9.17) is 4.74 Å². The summed E-state index contributed by atoms with van der Waals surface area (Å²) in [7, 11) is 1.32. The summed E-state index contributed by atoms with van der Waals surface area (Å²) in [6.07, 6.45) is -5.31. The lowest BCUT2D eigenvalue weighted by Gasteiger charge is -2.15. The van der Waals surface area contributed by atoms with Crippen LogP contribution in [0.25, 0.3) is 0 Å². The third kappa shape index (κ3) is 5.02. The van der Waals surface area contributed by atoms with Crippen LogP contribution in [0.1, 0.15) is 12.6 Å². The first-order valence-electron chi connectivity index (χ1n) is 5.41. The number of alkyl halides is 3. The molecule has 5 nitrogen and oxygen atoms in total. The molecule has 0 fully saturated rings. The summed E-state index contributed by atoms with van der Waals surface area (Å²) in [5, 5.41) is 0. The van der Waals surface area contributed by atoms with E-state index in [9.17, 15) is 18.0 Å². The number of ether oxygens (including phenoxy) is 3. The van der Waals surface area contributed by atoms with Crippen molar-refractivity contribution >= 4 is 28.6 Å². The van der Waals surface area contributed by atoms with Gasteiger partial charge in [0.2, 0.25) is 5.88 Å². The van der Waals surface area contributed by atoms with Crippen LogP contribution in [-0.2, 0) is 16.0 Å². The van der Waals surface area contributed by atoms with Gasteiger partial charge in [0.25, 0.3) is 0 Å². The summed E-state index contributed by atoms with van der Waals surface area (Å²) in [4.78, 5) is 15.2. The minimum absolute atomic E-state index is 0.0863. The van der Waals surface area contributed by atoms with Crippen LogP contribution >= 0.6 is 22.6 Å². The van der Waals surface area contributed by atoms with Crippen molar-refractivity contribution in [1.29, 1.82) is 0 Å². The molecule has 0 aliphatic rings. The Labute approximate surface area is 126 Å². The van der Waals surface area contributed by atoms with Gasteiger partial charge in [-0.2, -0.15) is 0 Å². The second-order valence-electron chi connectivity index (χ2n) is 3.45. The van der Waals surface area contributed by atoms with E-state index >= 15 is 0 Å². The molecule has 0 N–H and O–H groups in total. The number of carbonyl (C=O) groups is 1. The number of carbonyl (C=O) groups excluding carboxylic acids is 1. The smallest absolute Gasteiger partial charge is 0.481 e. The maximum atomic E-state index is 12.4. The Kier molecular flexibility index (Phi) is 5.84. The fourth-order valence-corrected chi connectivity index (χ4v) is 2.01. The Bertz CT molecular complexity index is 493. The molecular formula is C11H11F3INO4. The third-order valence-electron chi connectivity index (χ3n) is 2.02. The van der Waals surface area contributed by atoms with Crippen molar-refractivity contribution in [3.63, 3.8) is 0 Å². The van der Waals surface area contributed by atoms with Crippen LogP contribution in [0.4, 0.5) is 13.2 Å². The molecule has 0 spiro atoms. The van der Waals surface area contributed by atoms with E-state index < -0.39 is 24.5 Å². The first-order chi connectivity index (χ1) is 9.26. The van der Waals surface area contributed by atoms with Gasteiger partial charge in [-0.05, 0) is 29.5 Å². The van der Waals surface area contributed by atoms with Gasteiger partial charge < -0.3 is 14.2 Å². The van der Waals surface area contributed by atoms with E-state index in [-0.39, 0.29) is 21.8 Å².